The summed E-state index contributed by atoms with van der Waals surface area (Å²) in [6.07, 6.45) is 1.81. The Bertz CT molecular complexity index is 330. The number of aliphatic hydroxyl groups excluding tert-OH is 2. The fourth-order valence-corrected chi connectivity index (χ4v) is 2.53. The highest BCUT2D eigenvalue weighted by molar-refractivity contribution is 5.68. The molecule has 6 heteroatoms. The van der Waals surface area contributed by atoms with E-state index < -0.39 is 11.7 Å². The SMILES string of the molecule is CC(CC1CCCN1C(=O)OC(C)(C)C)NCC(O)CO. The lowest BCUT2D eigenvalue weighted by atomic mass is 10.1. The molecule has 0 radical (unpaired) electrons. The maximum atomic E-state index is 12.2. The van der Waals surface area contributed by atoms with E-state index in [1.54, 1.807) is 0 Å². The first-order valence-electron chi connectivity index (χ1n) is 7.75. The minimum Gasteiger partial charge on any atom is -0.444 e. The van der Waals surface area contributed by atoms with Gasteiger partial charge in [0.15, 0.2) is 0 Å². The number of nitrogens with zero attached hydrogens (tertiary/aromatic N) is 1. The lowest BCUT2D eigenvalue weighted by molar-refractivity contribution is 0.0212. The number of ether oxygens (including phenoxy) is 1. The van der Waals surface area contributed by atoms with Crippen LogP contribution in [0, 0.1) is 0 Å². The summed E-state index contributed by atoms with van der Waals surface area (Å²) >= 11 is 0. The van der Waals surface area contributed by atoms with E-state index in [1.165, 1.54) is 0 Å². The summed E-state index contributed by atoms with van der Waals surface area (Å²) in [5, 5.41) is 21.3. The zero-order valence-corrected chi connectivity index (χ0v) is 13.6. The van der Waals surface area contributed by atoms with E-state index in [2.05, 4.69) is 5.32 Å². The Balaban J connectivity index is 2.44. The molecule has 124 valence electrons. The van der Waals surface area contributed by atoms with Crippen LogP contribution in [0.4, 0.5) is 4.79 Å². The van der Waals surface area contributed by atoms with Gasteiger partial charge < -0.3 is 25.2 Å². The van der Waals surface area contributed by atoms with Crippen LogP contribution < -0.4 is 5.32 Å². The van der Waals surface area contributed by atoms with Crippen molar-refractivity contribution < 1.29 is 19.7 Å². The van der Waals surface area contributed by atoms with Crippen LogP contribution >= 0.6 is 0 Å². The standard InChI is InChI=1S/C15H30N2O4/c1-11(16-9-13(19)10-18)8-12-6-5-7-17(12)14(20)21-15(2,3)4/h11-13,16,18-19H,5-10H2,1-4H3. The normalized spacial score (nSPS) is 22.2. The summed E-state index contributed by atoms with van der Waals surface area (Å²) in [6.45, 7) is 8.49. The first-order chi connectivity index (χ1) is 9.73. The van der Waals surface area contributed by atoms with Crippen molar-refractivity contribution in [1.82, 2.24) is 10.2 Å². The van der Waals surface area contributed by atoms with Crippen LogP contribution in [0.3, 0.4) is 0 Å². The molecule has 6 nitrogen and oxygen atoms in total. The molecule has 0 bridgehead atoms. The molecule has 3 unspecified atom stereocenters. The first-order valence-corrected chi connectivity index (χ1v) is 7.75. The number of hydrogen-bond acceptors (Lipinski definition) is 5. The number of nitrogens with one attached hydrogen (secondary N) is 1. The van der Waals surface area contributed by atoms with Crippen LogP contribution in [0.25, 0.3) is 0 Å². The summed E-state index contributed by atoms with van der Waals surface area (Å²) in [5.41, 5.74) is -0.473. The van der Waals surface area contributed by atoms with Gasteiger partial charge >= 0.3 is 6.09 Å². The van der Waals surface area contributed by atoms with Crippen molar-refractivity contribution in [2.45, 2.75) is 70.7 Å². The van der Waals surface area contributed by atoms with Gasteiger partial charge in [-0.2, -0.15) is 0 Å². The lowest BCUT2D eigenvalue weighted by Gasteiger charge is -2.30. The van der Waals surface area contributed by atoms with Gasteiger partial charge in [0.1, 0.15) is 5.60 Å². The summed E-state index contributed by atoms with van der Waals surface area (Å²) in [7, 11) is 0. The van der Waals surface area contributed by atoms with E-state index in [0.29, 0.717) is 6.54 Å². The molecule has 3 atom stereocenters. The molecule has 1 amide bonds. The number of aliphatic hydroxyl groups is 2. The topological polar surface area (TPSA) is 82.0 Å². The first kappa shape index (κ1) is 18.2. The van der Waals surface area contributed by atoms with Gasteiger partial charge in [0.05, 0.1) is 12.7 Å². The molecule has 21 heavy (non-hydrogen) atoms. The van der Waals surface area contributed by atoms with Crippen molar-refractivity contribution in [3.05, 3.63) is 0 Å². The summed E-state index contributed by atoms with van der Waals surface area (Å²) in [5.74, 6) is 0. The number of carbonyl (C=O) groups is 1. The van der Waals surface area contributed by atoms with Crippen molar-refractivity contribution >= 4 is 6.09 Å². The Morgan fingerprint density at radius 3 is 2.71 bits per heavy atom. The molecule has 1 aliphatic heterocycles. The molecular formula is C15H30N2O4. The average Bonchev–Trinajstić information content (AvgIpc) is 2.82. The number of carbonyl (C=O) groups excluding carboxylic acids is 1. The van der Waals surface area contributed by atoms with E-state index in [0.717, 1.165) is 25.8 Å². The van der Waals surface area contributed by atoms with Crippen LogP contribution in [0.1, 0.15) is 47.0 Å². The second-order valence-corrected chi connectivity index (χ2v) is 6.85. The van der Waals surface area contributed by atoms with Crippen molar-refractivity contribution in [2.24, 2.45) is 0 Å². The molecule has 1 aliphatic rings. The fraction of sp³-hybridized carbons (Fsp3) is 0.933. The molecule has 1 saturated heterocycles. The van der Waals surface area contributed by atoms with E-state index in [-0.39, 0.29) is 24.8 Å². The molecular weight excluding hydrogens is 272 g/mol. The predicted molar refractivity (Wildman–Crippen MR) is 81.1 cm³/mol. The number of hydrogen-bond donors (Lipinski definition) is 3. The van der Waals surface area contributed by atoms with E-state index in [4.69, 9.17) is 9.84 Å². The maximum absolute atomic E-state index is 12.2. The molecule has 1 heterocycles. The minimum absolute atomic E-state index is 0.166. The highest BCUT2D eigenvalue weighted by atomic mass is 16.6. The second-order valence-electron chi connectivity index (χ2n) is 6.85. The van der Waals surface area contributed by atoms with Gasteiger partial charge in [-0.25, -0.2) is 4.79 Å². The quantitative estimate of drug-likeness (QED) is 0.684. The van der Waals surface area contributed by atoms with Crippen molar-refractivity contribution in [2.75, 3.05) is 19.7 Å². The summed E-state index contributed by atoms with van der Waals surface area (Å²) < 4.78 is 5.44. The third-order valence-electron chi connectivity index (χ3n) is 3.54. The minimum atomic E-state index is -0.738. The predicted octanol–water partition coefficient (Wildman–Crippen LogP) is 1.11. The number of rotatable bonds is 6. The molecule has 1 fully saturated rings. The van der Waals surface area contributed by atoms with Crippen LogP contribution in [0.2, 0.25) is 0 Å². The van der Waals surface area contributed by atoms with E-state index >= 15 is 0 Å². The Morgan fingerprint density at radius 2 is 2.14 bits per heavy atom. The summed E-state index contributed by atoms with van der Waals surface area (Å²) in [6, 6.07) is 0.341. The zero-order valence-electron chi connectivity index (χ0n) is 13.6. The molecule has 0 aromatic carbocycles. The average molecular weight is 302 g/mol. The van der Waals surface area contributed by atoms with Crippen LogP contribution in [-0.4, -0.2) is 64.7 Å². The Morgan fingerprint density at radius 1 is 1.48 bits per heavy atom. The Labute approximate surface area is 127 Å². The molecule has 1 rings (SSSR count). The van der Waals surface area contributed by atoms with Gasteiger partial charge in [-0.1, -0.05) is 0 Å². The molecule has 0 saturated carbocycles. The summed E-state index contributed by atoms with van der Waals surface area (Å²) in [4.78, 5) is 14.0. The highest BCUT2D eigenvalue weighted by Crippen LogP contribution is 2.24. The second kappa shape index (κ2) is 7.96. The maximum Gasteiger partial charge on any atom is 0.410 e. The van der Waals surface area contributed by atoms with Crippen LogP contribution in [0.5, 0.6) is 0 Å². The van der Waals surface area contributed by atoms with Gasteiger partial charge in [0.25, 0.3) is 0 Å². The molecule has 3 N–H and O–H groups in total. The zero-order chi connectivity index (χ0) is 16.0. The molecule has 0 spiro atoms. The Hall–Kier alpha value is -0.850. The van der Waals surface area contributed by atoms with Gasteiger partial charge in [0.2, 0.25) is 0 Å². The van der Waals surface area contributed by atoms with Crippen LogP contribution in [0.15, 0.2) is 0 Å². The smallest absolute Gasteiger partial charge is 0.410 e. The van der Waals surface area contributed by atoms with Gasteiger partial charge in [-0.3, -0.25) is 0 Å². The van der Waals surface area contributed by atoms with Crippen LogP contribution in [-0.2, 0) is 4.74 Å². The number of amides is 1. The largest absolute Gasteiger partial charge is 0.444 e. The van der Waals surface area contributed by atoms with E-state index in [1.807, 2.05) is 32.6 Å². The Kier molecular flexibility index (Phi) is 6.90. The van der Waals surface area contributed by atoms with Crippen molar-refractivity contribution in [3.63, 3.8) is 0 Å². The van der Waals surface area contributed by atoms with Gasteiger partial charge in [0, 0.05) is 25.2 Å². The van der Waals surface area contributed by atoms with E-state index in [9.17, 15) is 9.90 Å². The van der Waals surface area contributed by atoms with Gasteiger partial charge in [-0.15, -0.1) is 0 Å². The molecule has 0 aliphatic carbocycles. The van der Waals surface area contributed by atoms with Crippen molar-refractivity contribution in [1.29, 1.82) is 0 Å². The third-order valence-corrected chi connectivity index (χ3v) is 3.54. The highest BCUT2D eigenvalue weighted by Gasteiger charge is 2.32. The van der Waals surface area contributed by atoms with Gasteiger partial charge in [-0.05, 0) is 47.0 Å². The molecule has 0 aromatic rings. The monoisotopic (exact) mass is 302 g/mol. The third kappa shape index (κ3) is 6.63. The fourth-order valence-electron chi connectivity index (χ4n) is 2.53. The lowest BCUT2D eigenvalue weighted by Crippen LogP contribution is -2.43. The van der Waals surface area contributed by atoms with Crippen molar-refractivity contribution in [3.8, 4) is 0 Å². The number of likely N-dealkylation sites (tertiary alicyclic amines) is 1. The molecule has 0 aromatic heterocycles.